The van der Waals surface area contributed by atoms with Gasteiger partial charge in [-0.05, 0) is 82.9 Å². The molecule has 0 aliphatic carbocycles. The van der Waals surface area contributed by atoms with Crippen LogP contribution in [0.1, 0.15) is 78.7 Å². The highest BCUT2D eigenvalue weighted by Gasteiger charge is 2.21. The monoisotopic (exact) mass is 706 g/mol. The summed E-state index contributed by atoms with van der Waals surface area (Å²) in [5.74, 6) is 0.877. The Morgan fingerprint density at radius 1 is 0.537 bits per heavy atom. The molecule has 5 aromatic carbocycles. The fourth-order valence-corrected chi connectivity index (χ4v) is 7.93. The Hall–Kier alpha value is -6.20. The van der Waals surface area contributed by atoms with Gasteiger partial charge < -0.3 is 9.30 Å². The number of nitrogens with zero attached hydrogens (tertiary/aromatic N) is 4. The van der Waals surface area contributed by atoms with Crippen molar-refractivity contribution in [1.29, 1.82) is 0 Å². The van der Waals surface area contributed by atoms with E-state index in [1.807, 2.05) is 82.6 Å². The van der Waals surface area contributed by atoms with Gasteiger partial charge >= 0.3 is 0 Å². The number of pyridine rings is 2. The Kier molecular flexibility index (Phi) is 7.74. The lowest BCUT2D eigenvalue weighted by Gasteiger charge is -2.17. The minimum absolute atomic E-state index is 0.410. The first kappa shape index (κ1) is 31.3. The number of aromatic nitrogens is 4. The maximum atomic E-state index is 9.20. The lowest BCUT2D eigenvalue weighted by atomic mass is 9.98. The van der Waals surface area contributed by atoms with Crippen molar-refractivity contribution >= 4 is 43.6 Å². The summed E-state index contributed by atoms with van der Waals surface area (Å²) in [6.45, 7) is 12.1. The summed E-state index contributed by atoms with van der Waals surface area (Å²) in [5.41, 5.74) is 9.87. The number of hydrogen-bond donors (Lipinski definition) is 0. The van der Waals surface area contributed by atoms with E-state index in [0.717, 1.165) is 83.3 Å². The van der Waals surface area contributed by atoms with Gasteiger partial charge in [-0.1, -0.05) is 108 Å². The van der Waals surface area contributed by atoms with E-state index in [2.05, 4.69) is 113 Å². The first-order valence-corrected chi connectivity index (χ1v) is 18.7. The summed E-state index contributed by atoms with van der Waals surface area (Å²) in [4.78, 5) is 9.66. The van der Waals surface area contributed by atoms with Gasteiger partial charge in [0.2, 0.25) is 0 Å². The number of benzene rings is 5. The van der Waals surface area contributed by atoms with Crippen LogP contribution in [0.25, 0.3) is 66.4 Å². The van der Waals surface area contributed by atoms with Gasteiger partial charge in [0.05, 0.1) is 33.4 Å². The first-order chi connectivity index (χ1) is 26.9. The molecule has 0 amide bonds. The standard InChI is InChI=1S/C49H44N4O/c1-30(2)33-22-24-50-44(27-33)34-12-9-13-36(26-34)54-37-20-21-41-40-14-7-8-19-45(40)53(46(41)29-37)47-28-35(23-25-51-47)52-48-38(31(3)4)15-10-17-42(48)43-18-11-16-39(32(5)6)49(43)52/h7-32H,1-6H3/i31D,32D. The highest BCUT2D eigenvalue weighted by molar-refractivity contribution is 6.12. The second-order valence-corrected chi connectivity index (χ2v) is 14.9. The van der Waals surface area contributed by atoms with Gasteiger partial charge in [0.25, 0.3) is 0 Å². The number of para-hydroxylation sites is 3. The Labute approximate surface area is 319 Å². The molecule has 0 atom stereocenters. The molecule has 5 nitrogen and oxygen atoms in total. The average molecular weight is 707 g/mol. The SMILES string of the molecule is [2H]C(C)(C)c1cccc2c3cccc(C([2H])(C)C)c3n(-c3ccnc(-n4c5ccccc5c5ccc(Oc6cccc(-c7cc(C(C)C)ccn7)c6)cc54)c3)c12. The van der Waals surface area contributed by atoms with Crippen molar-refractivity contribution in [2.45, 2.75) is 59.2 Å². The molecule has 0 N–H and O–H groups in total. The molecule has 0 saturated carbocycles. The van der Waals surface area contributed by atoms with Crippen LogP contribution in [0.2, 0.25) is 0 Å². The zero-order valence-electron chi connectivity index (χ0n) is 33.6. The normalized spacial score (nSPS) is 12.9. The van der Waals surface area contributed by atoms with Crippen LogP contribution in [-0.4, -0.2) is 19.1 Å². The maximum Gasteiger partial charge on any atom is 0.139 e. The van der Waals surface area contributed by atoms with Crippen molar-refractivity contribution in [3.63, 3.8) is 0 Å². The zero-order chi connectivity index (χ0) is 38.9. The Bertz CT molecular complexity index is 2890. The van der Waals surface area contributed by atoms with Gasteiger partial charge in [0, 0.05) is 54.4 Å². The molecular formula is C49H44N4O. The van der Waals surface area contributed by atoms with E-state index in [1.165, 1.54) is 5.56 Å². The third-order valence-corrected chi connectivity index (χ3v) is 10.6. The van der Waals surface area contributed by atoms with E-state index in [1.54, 1.807) is 0 Å². The minimum Gasteiger partial charge on any atom is -0.457 e. The van der Waals surface area contributed by atoms with Crippen molar-refractivity contribution < 1.29 is 7.48 Å². The van der Waals surface area contributed by atoms with Gasteiger partial charge in [-0.15, -0.1) is 0 Å². The van der Waals surface area contributed by atoms with Crippen LogP contribution in [-0.2, 0) is 0 Å². The van der Waals surface area contributed by atoms with Gasteiger partial charge in [-0.3, -0.25) is 9.55 Å². The highest BCUT2D eigenvalue weighted by atomic mass is 16.5. The summed E-state index contributed by atoms with van der Waals surface area (Å²) < 4.78 is 29.4. The fraction of sp³-hybridized carbons (Fsp3) is 0.184. The maximum absolute atomic E-state index is 9.20. The minimum atomic E-state index is -0.866. The zero-order valence-corrected chi connectivity index (χ0v) is 31.6. The molecule has 0 radical (unpaired) electrons. The topological polar surface area (TPSA) is 44.9 Å². The van der Waals surface area contributed by atoms with E-state index in [-0.39, 0.29) is 0 Å². The molecule has 266 valence electrons. The van der Waals surface area contributed by atoms with Crippen molar-refractivity contribution in [2.75, 3.05) is 0 Å². The number of fused-ring (bicyclic) bond motifs is 6. The van der Waals surface area contributed by atoms with E-state index in [0.29, 0.717) is 11.7 Å². The predicted molar refractivity (Wildman–Crippen MR) is 225 cm³/mol. The van der Waals surface area contributed by atoms with Gasteiger partial charge in [-0.2, -0.15) is 0 Å². The summed E-state index contributed by atoms with van der Waals surface area (Å²) in [5, 5.41) is 4.34. The second-order valence-electron chi connectivity index (χ2n) is 14.9. The van der Waals surface area contributed by atoms with E-state index in [9.17, 15) is 2.74 Å². The second kappa shape index (κ2) is 13.3. The Morgan fingerprint density at radius 3 is 1.91 bits per heavy atom. The largest absolute Gasteiger partial charge is 0.457 e. The summed E-state index contributed by atoms with van der Waals surface area (Å²) in [6.07, 6.45) is 3.74. The van der Waals surface area contributed by atoms with E-state index < -0.39 is 11.8 Å². The van der Waals surface area contributed by atoms with Crippen LogP contribution >= 0.6 is 0 Å². The Balaban J connectivity index is 1.22. The molecular weight excluding hydrogens is 661 g/mol. The number of hydrogen-bond acceptors (Lipinski definition) is 3. The van der Waals surface area contributed by atoms with Crippen LogP contribution in [0.15, 0.2) is 140 Å². The highest BCUT2D eigenvalue weighted by Crippen LogP contribution is 2.41. The average Bonchev–Trinajstić information content (AvgIpc) is 3.70. The van der Waals surface area contributed by atoms with Crippen molar-refractivity contribution in [3.8, 4) is 34.3 Å². The lowest BCUT2D eigenvalue weighted by Crippen LogP contribution is -2.04. The molecule has 4 heterocycles. The molecule has 9 aromatic rings. The van der Waals surface area contributed by atoms with Crippen LogP contribution < -0.4 is 4.74 Å². The number of ether oxygens (including phenoxy) is 1. The van der Waals surface area contributed by atoms with Crippen LogP contribution in [0.3, 0.4) is 0 Å². The van der Waals surface area contributed by atoms with Crippen LogP contribution in [0.5, 0.6) is 11.5 Å². The Morgan fingerprint density at radius 2 is 1.19 bits per heavy atom. The predicted octanol–water partition coefficient (Wildman–Crippen LogP) is 13.5. The van der Waals surface area contributed by atoms with Crippen molar-refractivity contribution in [3.05, 3.63) is 156 Å². The van der Waals surface area contributed by atoms with Gasteiger partial charge in [-0.25, -0.2) is 4.98 Å². The lowest BCUT2D eigenvalue weighted by molar-refractivity contribution is 0.483. The van der Waals surface area contributed by atoms with Crippen LogP contribution in [0.4, 0.5) is 0 Å². The van der Waals surface area contributed by atoms with Crippen molar-refractivity contribution in [1.82, 2.24) is 19.1 Å². The quantitative estimate of drug-likeness (QED) is 0.158. The molecule has 54 heavy (non-hydrogen) atoms. The molecule has 0 fully saturated rings. The summed E-state index contributed by atoms with van der Waals surface area (Å²) in [7, 11) is 0. The smallest absolute Gasteiger partial charge is 0.139 e. The number of rotatable bonds is 8. The van der Waals surface area contributed by atoms with Crippen LogP contribution in [0, 0.1) is 0 Å². The van der Waals surface area contributed by atoms with Crippen molar-refractivity contribution in [2.24, 2.45) is 0 Å². The molecule has 0 aliphatic heterocycles. The third kappa shape index (κ3) is 5.63. The molecule has 9 rings (SSSR count). The molecule has 0 bridgehead atoms. The van der Waals surface area contributed by atoms with E-state index >= 15 is 0 Å². The van der Waals surface area contributed by atoms with Gasteiger partial charge in [0.1, 0.15) is 17.3 Å². The molecule has 4 aromatic heterocycles. The molecule has 0 aliphatic rings. The summed E-state index contributed by atoms with van der Waals surface area (Å²) >= 11 is 0. The fourth-order valence-electron chi connectivity index (χ4n) is 7.93. The van der Waals surface area contributed by atoms with Gasteiger partial charge in [0.15, 0.2) is 0 Å². The molecule has 0 saturated heterocycles. The summed E-state index contributed by atoms with van der Waals surface area (Å²) in [6, 6.07) is 43.6. The molecule has 0 unspecified atom stereocenters. The van der Waals surface area contributed by atoms with E-state index in [4.69, 9.17) is 9.72 Å². The molecule has 0 spiro atoms. The third-order valence-electron chi connectivity index (χ3n) is 10.6. The first-order valence-electron chi connectivity index (χ1n) is 19.7. The molecule has 5 heteroatoms.